The van der Waals surface area contributed by atoms with Crippen LogP contribution in [-0.4, -0.2) is 18.6 Å². The predicted octanol–water partition coefficient (Wildman–Crippen LogP) is 3.85. The Morgan fingerprint density at radius 1 is 1.28 bits per heavy atom. The van der Waals surface area contributed by atoms with E-state index < -0.39 is 0 Å². The molecule has 2 aromatic rings. The minimum Gasteiger partial charge on any atom is -0.497 e. The number of benzene rings is 1. The van der Waals surface area contributed by atoms with Crippen molar-refractivity contribution in [3.8, 4) is 5.75 Å². The van der Waals surface area contributed by atoms with Gasteiger partial charge in [0.25, 0.3) is 0 Å². The topological polar surface area (TPSA) is 34.1 Å². The molecule has 2 rings (SSSR count). The molecule has 18 heavy (non-hydrogen) atoms. The van der Waals surface area contributed by atoms with Crippen LogP contribution in [0.1, 0.15) is 26.2 Å². The Hall–Kier alpha value is -1.77. The zero-order valence-electron chi connectivity index (χ0n) is 11.1. The van der Waals surface area contributed by atoms with Gasteiger partial charge in [0.1, 0.15) is 5.75 Å². The van der Waals surface area contributed by atoms with E-state index in [-0.39, 0.29) is 0 Å². The Morgan fingerprint density at radius 3 is 2.94 bits per heavy atom. The third-order valence-corrected chi connectivity index (χ3v) is 3.01. The standard InChI is InChI=1S/C15H20N2O/c1-3-4-5-8-16-14-11-13(18-2)10-12-7-6-9-17-15(12)14/h6-7,9-11,16H,3-5,8H2,1-2H3. The van der Waals surface area contributed by atoms with Crippen LogP contribution in [0.5, 0.6) is 5.75 Å². The molecule has 1 aromatic heterocycles. The van der Waals surface area contributed by atoms with Gasteiger partial charge in [-0.05, 0) is 18.6 Å². The van der Waals surface area contributed by atoms with Crippen LogP contribution in [0.2, 0.25) is 0 Å². The molecule has 0 unspecified atom stereocenters. The third kappa shape index (κ3) is 2.92. The minimum absolute atomic E-state index is 0.869. The van der Waals surface area contributed by atoms with Gasteiger partial charge < -0.3 is 10.1 Å². The van der Waals surface area contributed by atoms with Gasteiger partial charge >= 0.3 is 0 Å². The predicted molar refractivity (Wildman–Crippen MR) is 76.3 cm³/mol. The van der Waals surface area contributed by atoms with Gasteiger partial charge in [-0.15, -0.1) is 0 Å². The molecule has 0 atom stereocenters. The lowest BCUT2D eigenvalue weighted by Gasteiger charge is -2.11. The van der Waals surface area contributed by atoms with Crippen LogP contribution in [0.3, 0.4) is 0 Å². The molecule has 0 saturated carbocycles. The lowest BCUT2D eigenvalue weighted by atomic mass is 10.1. The molecule has 0 amide bonds. The summed E-state index contributed by atoms with van der Waals surface area (Å²) in [5.74, 6) is 0.869. The molecule has 96 valence electrons. The maximum atomic E-state index is 5.32. The summed E-state index contributed by atoms with van der Waals surface area (Å²) in [6, 6.07) is 8.03. The first kappa shape index (κ1) is 12.7. The number of hydrogen-bond donors (Lipinski definition) is 1. The molecule has 0 bridgehead atoms. The van der Waals surface area contributed by atoms with Crippen molar-refractivity contribution in [2.75, 3.05) is 19.0 Å². The molecule has 0 aliphatic rings. The van der Waals surface area contributed by atoms with E-state index in [1.165, 1.54) is 19.3 Å². The van der Waals surface area contributed by atoms with Crippen LogP contribution in [0, 0.1) is 0 Å². The molecule has 3 nitrogen and oxygen atoms in total. The fourth-order valence-corrected chi connectivity index (χ4v) is 2.02. The number of pyridine rings is 1. The third-order valence-electron chi connectivity index (χ3n) is 3.01. The molecule has 1 heterocycles. The molecular formula is C15H20N2O. The molecule has 3 heteroatoms. The van der Waals surface area contributed by atoms with Gasteiger partial charge in [0.2, 0.25) is 0 Å². The summed E-state index contributed by atoms with van der Waals surface area (Å²) in [4.78, 5) is 4.44. The quantitative estimate of drug-likeness (QED) is 0.784. The van der Waals surface area contributed by atoms with Gasteiger partial charge in [-0.2, -0.15) is 0 Å². The Labute approximate surface area is 108 Å². The van der Waals surface area contributed by atoms with Crippen LogP contribution in [0.4, 0.5) is 5.69 Å². The fourth-order valence-electron chi connectivity index (χ4n) is 2.02. The molecular weight excluding hydrogens is 224 g/mol. The molecule has 0 radical (unpaired) electrons. The molecule has 0 spiro atoms. The Kier molecular flexibility index (Phi) is 4.40. The van der Waals surface area contributed by atoms with Crippen molar-refractivity contribution in [3.63, 3.8) is 0 Å². The number of anilines is 1. The number of rotatable bonds is 6. The van der Waals surface area contributed by atoms with E-state index in [1.807, 2.05) is 24.4 Å². The van der Waals surface area contributed by atoms with Crippen molar-refractivity contribution in [2.24, 2.45) is 0 Å². The molecule has 0 aliphatic carbocycles. The zero-order valence-corrected chi connectivity index (χ0v) is 11.1. The summed E-state index contributed by atoms with van der Waals surface area (Å²) in [5, 5.41) is 4.56. The lowest BCUT2D eigenvalue weighted by Crippen LogP contribution is -2.02. The van der Waals surface area contributed by atoms with Crippen LogP contribution in [0.25, 0.3) is 10.9 Å². The lowest BCUT2D eigenvalue weighted by molar-refractivity contribution is 0.415. The van der Waals surface area contributed by atoms with Crippen LogP contribution < -0.4 is 10.1 Å². The molecule has 1 N–H and O–H groups in total. The highest BCUT2D eigenvalue weighted by atomic mass is 16.5. The number of methoxy groups -OCH3 is 1. The smallest absolute Gasteiger partial charge is 0.121 e. The number of hydrogen-bond acceptors (Lipinski definition) is 3. The van der Waals surface area contributed by atoms with Gasteiger partial charge in [0.05, 0.1) is 18.3 Å². The van der Waals surface area contributed by atoms with Crippen LogP contribution in [-0.2, 0) is 0 Å². The minimum atomic E-state index is 0.869. The van der Waals surface area contributed by atoms with Crippen molar-refractivity contribution in [3.05, 3.63) is 30.5 Å². The summed E-state index contributed by atoms with van der Waals surface area (Å²) >= 11 is 0. The highest BCUT2D eigenvalue weighted by Gasteiger charge is 2.04. The number of nitrogens with zero attached hydrogens (tertiary/aromatic N) is 1. The summed E-state index contributed by atoms with van der Waals surface area (Å²) in [6.07, 6.45) is 5.50. The van der Waals surface area contributed by atoms with E-state index in [0.717, 1.165) is 28.9 Å². The summed E-state index contributed by atoms with van der Waals surface area (Å²) in [7, 11) is 1.69. The first-order chi connectivity index (χ1) is 8.85. The van der Waals surface area contributed by atoms with Gasteiger partial charge in [-0.3, -0.25) is 4.98 Å². The fraction of sp³-hybridized carbons (Fsp3) is 0.400. The maximum absolute atomic E-state index is 5.32. The summed E-state index contributed by atoms with van der Waals surface area (Å²) in [5.41, 5.74) is 2.07. The van der Waals surface area contributed by atoms with Gasteiger partial charge in [-0.1, -0.05) is 25.8 Å². The van der Waals surface area contributed by atoms with E-state index >= 15 is 0 Å². The van der Waals surface area contributed by atoms with E-state index in [9.17, 15) is 0 Å². The first-order valence-corrected chi connectivity index (χ1v) is 6.51. The molecule has 0 fully saturated rings. The normalized spacial score (nSPS) is 10.6. The van der Waals surface area contributed by atoms with E-state index in [0.29, 0.717) is 0 Å². The second-order valence-corrected chi connectivity index (χ2v) is 4.38. The first-order valence-electron chi connectivity index (χ1n) is 6.51. The maximum Gasteiger partial charge on any atom is 0.121 e. The van der Waals surface area contributed by atoms with Crippen molar-refractivity contribution in [1.29, 1.82) is 0 Å². The number of aromatic nitrogens is 1. The summed E-state index contributed by atoms with van der Waals surface area (Å²) < 4.78 is 5.32. The van der Waals surface area contributed by atoms with E-state index in [2.05, 4.69) is 23.3 Å². The van der Waals surface area contributed by atoms with Crippen LogP contribution in [0.15, 0.2) is 30.5 Å². The van der Waals surface area contributed by atoms with Crippen molar-refractivity contribution >= 4 is 16.6 Å². The Balaban J connectivity index is 2.23. The average molecular weight is 244 g/mol. The van der Waals surface area contributed by atoms with Crippen molar-refractivity contribution in [2.45, 2.75) is 26.2 Å². The Morgan fingerprint density at radius 2 is 2.17 bits per heavy atom. The highest BCUT2D eigenvalue weighted by molar-refractivity contribution is 5.91. The Bertz CT molecular complexity index is 511. The monoisotopic (exact) mass is 244 g/mol. The van der Waals surface area contributed by atoms with Crippen LogP contribution >= 0.6 is 0 Å². The number of fused-ring (bicyclic) bond motifs is 1. The van der Waals surface area contributed by atoms with E-state index in [4.69, 9.17) is 4.74 Å². The molecule has 1 aromatic carbocycles. The highest BCUT2D eigenvalue weighted by Crippen LogP contribution is 2.27. The van der Waals surface area contributed by atoms with E-state index in [1.54, 1.807) is 7.11 Å². The molecule has 0 saturated heterocycles. The van der Waals surface area contributed by atoms with Crippen molar-refractivity contribution < 1.29 is 4.74 Å². The zero-order chi connectivity index (χ0) is 12.8. The number of unbranched alkanes of at least 4 members (excludes halogenated alkanes) is 2. The number of ether oxygens (including phenoxy) is 1. The average Bonchev–Trinajstić information content (AvgIpc) is 2.43. The van der Waals surface area contributed by atoms with Gasteiger partial charge in [0, 0.05) is 24.2 Å². The second kappa shape index (κ2) is 6.24. The number of nitrogens with one attached hydrogen (secondary N) is 1. The second-order valence-electron chi connectivity index (χ2n) is 4.38. The van der Waals surface area contributed by atoms with Crippen molar-refractivity contribution in [1.82, 2.24) is 4.98 Å². The van der Waals surface area contributed by atoms with Gasteiger partial charge in [-0.25, -0.2) is 0 Å². The summed E-state index contributed by atoms with van der Waals surface area (Å²) in [6.45, 7) is 3.19. The SMILES string of the molecule is CCCCCNc1cc(OC)cc2cccnc12. The van der Waals surface area contributed by atoms with Gasteiger partial charge in [0.15, 0.2) is 0 Å². The molecule has 0 aliphatic heterocycles. The largest absolute Gasteiger partial charge is 0.497 e.